The Bertz CT molecular complexity index is 1100. The van der Waals surface area contributed by atoms with Crippen molar-refractivity contribution < 1.29 is 4.79 Å². The van der Waals surface area contributed by atoms with Gasteiger partial charge >= 0.3 is 0 Å². The maximum Gasteiger partial charge on any atom is 0.234 e. The minimum absolute atomic E-state index is 0.0932. The van der Waals surface area contributed by atoms with Gasteiger partial charge < -0.3 is 5.32 Å². The predicted molar refractivity (Wildman–Crippen MR) is 122 cm³/mol. The maximum atomic E-state index is 12.4. The molecule has 0 aliphatic rings. The number of thioether (sulfide) groups is 1. The first-order valence-electron chi connectivity index (χ1n) is 8.90. The number of hydrogen-bond acceptors (Lipinski definition) is 5. The molecule has 29 heavy (non-hydrogen) atoms. The van der Waals surface area contributed by atoms with Crippen LogP contribution in [0.5, 0.6) is 0 Å². The van der Waals surface area contributed by atoms with Crippen molar-refractivity contribution in [2.45, 2.75) is 11.6 Å². The highest BCUT2D eigenvalue weighted by Crippen LogP contribution is 2.25. The summed E-state index contributed by atoms with van der Waals surface area (Å²) in [5, 5.41) is 14.4. The molecule has 0 unspecified atom stereocenters. The average molecular weight is 485 g/mol. The number of carbonyl (C=O) groups excluding carboxylic acids is 1. The van der Waals surface area contributed by atoms with E-state index in [-0.39, 0.29) is 11.7 Å². The van der Waals surface area contributed by atoms with Crippen LogP contribution in [-0.4, -0.2) is 26.4 Å². The SMILES string of the molecule is O=C(CSc1nnc(Cc2cccs2)n1-c1ccccc1)Nc1ccccc1Br. The van der Waals surface area contributed by atoms with Crippen LogP contribution in [0.4, 0.5) is 5.69 Å². The van der Waals surface area contributed by atoms with E-state index in [0.717, 1.165) is 21.7 Å². The minimum atomic E-state index is -0.0932. The Hall–Kier alpha value is -2.42. The van der Waals surface area contributed by atoms with Crippen molar-refractivity contribution in [2.24, 2.45) is 0 Å². The fourth-order valence-corrected chi connectivity index (χ4v) is 4.65. The van der Waals surface area contributed by atoms with Crippen LogP contribution in [0.3, 0.4) is 0 Å². The third-order valence-corrected chi connectivity index (χ3v) is 6.60. The Morgan fingerprint density at radius 1 is 1.03 bits per heavy atom. The summed E-state index contributed by atoms with van der Waals surface area (Å²) in [6, 6.07) is 21.7. The Balaban J connectivity index is 1.53. The molecule has 8 heteroatoms. The summed E-state index contributed by atoms with van der Waals surface area (Å²) in [6.07, 6.45) is 0.698. The quantitative estimate of drug-likeness (QED) is 0.356. The zero-order valence-electron chi connectivity index (χ0n) is 15.3. The van der Waals surface area contributed by atoms with E-state index in [9.17, 15) is 4.79 Å². The van der Waals surface area contributed by atoms with Crippen molar-refractivity contribution in [1.82, 2.24) is 14.8 Å². The third kappa shape index (κ3) is 4.95. The molecule has 4 aromatic rings. The number of nitrogens with one attached hydrogen (secondary N) is 1. The number of rotatable bonds is 7. The van der Waals surface area contributed by atoms with Crippen LogP contribution in [0.25, 0.3) is 5.69 Å². The van der Waals surface area contributed by atoms with Crippen molar-refractivity contribution in [3.8, 4) is 5.69 Å². The summed E-state index contributed by atoms with van der Waals surface area (Å²) in [6.45, 7) is 0. The molecule has 0 bridgehead atoms. The number of thiophene rings is 1. The number of nitrogens with zero attached hydrogens (tertiary/aromatic N) is 3. The lowest BCUT2D eigenvalue weighted by Gasteiger charge is -2.10. The van der Waals surface area contributed by atoms with Gasteiger partial charge in [-0.25, -0.2) is 0 Å². The normalized spacial score (nSPS) is 10.8. The largest absolute Gasteiger partial charge is 0.324 e. The topological polar surface area (TPSA) is 59.8 Å². The highest BCUT2D eigenvalue weighted by Gasteiger charge is 2.17. The van der Waals surface area contributed by atoms with Gasteiger partial charge in [-0.1, -0.05) is 48.2 Å². The fraction of sp³-hybridized carbons (Fsp3) is 0.0952. The molecule has 2 aromatic carbocycles. The van der Waals surface area contributed by atoms with Gasteiger partial charge in [0.05, 0.1) is 11.4 Å². The molecule has 1 N–H and O–H groups in total. The van der Waals surface area contributed by atoms with Gasteiger partial charge in [0.25, 0.3) is 0 Å². The number of amides is 1. The van der Waals surface area contributed by atoms with E-state index in [4.69, 9.17) is 0 Å². The Morgan fingerprint density at radius 2 is 1.83 bits per heavy atom. The lowest BCUT2D eigenvalue weighted by molar-refractivity contribution is -0.113. The molecule has 0 spiro atoms. The number of anilines is 1. The number of carbonyl (C=O) groups is 1. The van der Waals surface area contributed by atoms with Gasteiger partial charge in [-0.3, -0.25) is 9.36 Å². The van der Waals surface area contributed by atoms with Crippen molar-refractivity contribution in [3.63, 3.8) is 0 Å². The van der Waals surface area contributed by atoms with Crippen LogP contribution in [0, 0.1) is 0 Å². The van der Waals surface area contributed by atoms with Crippen LogP contribution >= 0.6 is 39.0 Å². The number of para-hydroxylation sites is 2. The standard InChI is InChI=1S/C21H17BrN4OS2/c22-17-10-4-5-11-18(17)23-20(27)14-29-21-25-24-19(13-16-9-6-12-28-16)26(21)15-7-2-1-3-8-15/h1-12H,13-14H2,(H,23,27). The molecule has 4 rings (SSSR count). The Labute approximate surface area is 185 Å². The van der Waals surface area contributed by atoms with Gasteiger partial charge in [0.15, 0.2) is 5.16 Å². The second kappa shape index (κ2) is 9.39. The van der Waals surface area contributed by atoms with E-state index in [1.54, 1.807) is 11.3 Å². The third-order valence-electron chi connectivity index (χ3n) is 4.11. The molecule has 0 saturated heterocycles. The predicted octanol–water partition coefficient (Wildman–Crippen LogP) is 5.41. The Kier molecular flexibility index (Phi) is 6.43. The van der Waals surface area contributed by atoms with Crippen LogP contribution in [0.2, 0.25) is 0 Å². The molecule has 2 heterocycles. The Morgan fingerprint density at radius 3 is 2.59 bits per heavy atom. The average Bonchev–Trinajstić information content (AvgIpc) is 3.39. The van der Waals surface area contributed by atoms with E-state index in [2.05, 4.69) is 42.9 Å². The highest BCUT2D eigenvalue weighted by molar-refractivity contribution is 9.10. The monoisotopic (exact) mass is 484 g/mol. The molecule has 5 nitrogen and oxygen atoms in total. The second-order valence-electron chi connectivity index (χ2n) is 6.14. The molecule has 0 aliphatic carbocycles. The van der Waals surface area contributed by atoms with Gasteiger partial charge in [0.1, 0.15) is 5.82 Å². The van der Waals surface area contributed by atoms with Crippen LogP contribution in [-0.2, 0) is 11.2 Å². The summed E-state index contributed by atoms with van der Waals surface area (Å²) in [5.41, 5.74) is 1.73. The van der Waals surface area contributed by atoms with Gasteiger partial charge in [-0.2, -0.15) is 0 Å². The molecule has 2 aromatic heterocycles. The maximum absolute atomic E-state index is 12.4. The molecular formula is C21H17BrN4OS2. The fourth-order valence-electron chi connectivity index (χ4n) is 2.79. The summed E-state index contributed by atoms with van der Waals surface area (Å²) < 4.78 is 2.87. The number of benzene rings is 2. The highest BCUT2D eigenvalue weighted by atomic mass is 79.9. The number of hydrogen-bond donors (Lipinski definition) is 1. The molecule has 0 radical (unpaired) electrons. The minimum Gasteiger partial charge on any atom is -0.324 e. The first-order valence-corrected chi connectivity index (χ1v) is 11.6. The van der Waals surface area contributed by atoms with Crippen molar-refractivity contribution in [3.05, 3.63) is 87.3 Å². The molecular weight excluding hydrogens is 468 g/mol. The molecule has 0 fully saturated rings. The lowest BCUT2D eigenvalue weighted by atomic mass is 10.3. The summed E-state index contributed by atoms with van der Waals surface area (Å²) in [5.74, 6) is 1.00. The van der Waals surface area contributed by atoms with Crippen molar-refractivity contribution in [2.75, 3.05) is 11.1 Å². The van der Waals surface area contributed by atoms with Crippen molar-refractivity contribution >= 4 is 50.6 Å². The lowest BCUT2D eigenvalue weighted by Crippen LogP contribution is -2.15. The van der Waals surface area contributed by atoms with E-state index in [1.165, 1.54) is 16.6 Å². The summed E-state index contributed by atoms with van der Waals surface area (Å²) in [7, 11) is 0. The van der Waals surface area contributed by atoms with Gasteiger partial charge in [-0.15, -0.1) is 21.5 Å². The van der Waals surface area contributed by atoms with Gasteiger partial charge in [0, 0.05) is 21.5 Å². The zero-order chi connectivity index (χ0) is 20.1. The smallest absolute Gasteiger partial charge is 0.234 e. The molecule has 0 saturated carbocycles. The molecule has 0 atom stereocenters. The van der Waals surface area contributed by atoms with E-state index in [0.29, 0.717) is 11.6 Å². The second-order valence-corrected chi connectivity index (χ2v) is 8.97. The van der Waals surface area contributed by atoms with Gasteiger partial charge in [0.2, 0.25) is 5.91 Å². The zero-order valence-corrected chi connectivity index (χ0v) is 18.5. The van der Waals surface area contributed by atoms with Gasteiger partial charge in [-0.05, 0) is 51.6 Å². The van der Waals surface area contributed by atoms with E-state index >= 15 is 0 Å². The molecule has 0 aliphatic heterocycles. The van der Waals surface area contributed by atoms with Crippen molar-refractivity contribution in [1.29, 1.82) is 0 Å². The van der Waals surface area contributed by atoms with Crippen LogP contribution in [0.15, 0.2) is 81.7 Å². The van der Waals surface area contributed by atoms with Crippen LogP contribution < -0.4 is 5.32 Å². The van der Waals surface area contributed by atoms with E-state index < -0.39 is 0 Å². The van der Waals surface area contributed by atoms with Crippen LogP contribution in [0.1, 0.15) is 10.7 Å². The molecule has 146 valence electrons. The number of aromatic nitrogens is 3. The number of halogens is 1. The summed E-state index contributed by atoms with van der Waals surface area (Å²) >= 11 is 6.52. The molecule has 1 amide bonds. The van der Waals surface area contributed by atoms with E-state index in [1.807, 2.05) is 65.2 Å². The summed E-state index contributed by atoms with van der Waals surface area (Å²) in [4.78, 5) is 13.7. The first kappa shape index (κ1) is 19.9. The first-order chi connectivity index (χ1) is 14.2.